The van der Waals surface area contributed by atoms with E-state index in [1.54, 1.807) is 0 Å². The predicted molar refractivity (Wildman–Crippen MR) is 41.9 cm³/mol. The highest BCUT2D eigenvalue weighted by atomic mass is 16.3. The average molecular weight is 143 g/mol. The van der Waals surface area contributed by atoms with Crippen molar-refractivity contribution < 1.29 is 5.11 Å². The Balaban J connectivity index is 2.11. The molecule has 0 amide bonds. The number of hydrogen-bond acceptors (Lipinski definition) is 2. The maximum absolute atomic E-state index is 9.29. The van der Waals surface area contributed by atoms with E-state index in [0.29, 0.717) is 0 Å². The van der Waals surface area contributed by atoms with E-state index in [1.165, 1.54) is 6.42 Å². The minimum absolute atomic E-state index is 0.0649. The average Bonchev–Trinajstić information content (AvgIpc) is 2.40. The first kappa shape index (κ1) is 8.02. The van der Waals surface area contributed by atoms with Gasteiger partial charge in [0.25, 0.3) is 0 Å². The summed E-state index contributed by atoms with van der Waals surface area (Å²) in [5.41, 5.74) is 0. The molecular formula is C8H17NO. The van der Waals surface area contributed by atoms with Crippen molar-refractivity contribution in [3.63, 3.8) is 0 Å². The molecule has 0 aliphatic carbocycles. The van der Waals surface area contributed by atoms with Crippen LogP contribution < -0.4 is 5.32 Å². The van der Waals surface area contributed by atoms with Gasteiger partial charge < -0.3 is 10.4 Å². The lowest BCUT2D eigenvalue weighted by Crippen LogP contribution is -2.15. The molecule has 1 saturated heterocycles. The summed E-state index contributed by atoms with van der Waals surface area (Å²) in [5.74, 6) is 0.731. The van der Waals surface area contributed by atoms with Gasteiger partial charge in [0.15, 0.2) is 0 Å². The highest BCUT2D eigenvalue weighted by Crippen LogP contribution is 2.15. The molecule has 0 aromatic heterocycles. The van der Waals surface area contributed by atoms with E-state index < -0.39 is 0 Å². The van der Waals surface area contributed by atoms with Gasteiger partial charge in [-0.15, -0.1) is 0 Å². The smallest absolute Gasteiger partial charge is 0.0540 e. The van der Waals surface area contributed by atoms with Crippen LogP contribution in [0.1, 0.15) is 26.2 Å². The molecule has 2 atom stereocenters. The van der Waals surface area contributed by atoms with Gasteiger partial charge in [0.1, 0.15) is 0 Å². The topological polar surface area (TPSA) is 32.3 Å². The Morgan fingerprint density at radius 2 is 2.50 bits per heavy atom. The summed E-state index contributed by atoms with van der Waals surface area (Å²) in [6.45, 7) is 4.28. The van der Waals surface area contributed by atoms with E-state index in [1.807, 2.05) is 6.92 Å². The monoisotopic (exact) mass is 143 g/mol. The molecule has 60 valence electrons. The van der Waals surface area contributed by atoms with Crippen LogP contribution in [-0.4, -0.2) is 24.3 Å². The third-order valence-corrected chi connectivity index (χ3v) is 2.24. The van der Waals surface area contributed by atoms with Crippen LogP contribution in [0, 0.1) is 5.92 Å². The molecule has 10 heavy (non-hydrogen) atoms. The van der Waals surface area contributed by atoms with Crippen LogP contribution in [0.2, 0.25) is 0 Å². The molecule has 2 unspecified atom stereocenters. The zero-order chi connectivity index (χ0) is 7.40. The van der Waals surface area contributed by atoms with E-state index >= 15 is 0 Å². The summed E-state index contributed by atoms with van der Waals surface area (Å²) in [6.07, 6.45) is 3.07. The van der Waals surface area contributed by atoms with Crippen molar-refractivity contribution in [2.45, 2.75) is 32.3 Å². The predicted octanol–water partition coefficient (Wildman–Crippen LogP) is 0.757. The summed E-state index contributed by atoms with van der Waals surface area (Å²) in [7, 11) is 0. The zero-order valence-corrected chi connectivity index (χ0v) is 6.64. The number of hydrogen-bond donors (Lipinski definition) is 2. The van der Waals surface area contributed by atoms with Crippen LogP contribution in [0.5, 0.6) is 0 Å². The fourth-order valence-electron chi connectivity index (χ4n) is 1.47. The Labute approximate surface area is 62.6 Å². The SMILES string of the molecule is CCC(O)CC1CCNC1. The van der Waals surface area contributed by atoms with Gasteiger partial charge in [0.2, 0.25) is 0 Å². The molecule has 1 aliphatic heterocycles. The first-order valence-corrected chi connectivity index (χ1v) is 4.21. The van der Waals surface area contributed by atoms with Crippen molar-refractivity contribution in [2.75, 3.05) is 13.1 Å². The molecule has 0 bridgehead atoms. The molecule has 1 rings (SSSR count). The van der Waals surface area contributed by atoms with Gasteiger partial charge in [-0.1, -0.05) is 6.92 Å². The number of aliphatic hydroxyl groups is 1. The normalized spacial score (nSPS) is 28.8. The molecule has 0 radical (unpaired) electrons. The van der Waals surface area contributed by atoms with E-state index in [9.17, 15) is 5.11 Å². The largest absolute Gasteiger partial charge is 0.393 e. The van der Waals surface area contributed by atoms with Crippen LogP contribution in [0.15, 0.2) is 0 Å². The molecule has 2 heteroatoms. The lowest BCUT2D eigenvalue weighted by atomic mass is 10.00. The quantitative estimate of drug-likeness (QED) is 0.611. The Hall–Kier alpha value is -0.0800. The molecule has 2 N–H and O–H groups in total. The van der Waals surface area contributed by atoms with Crippen LogP contribution in [0.25, 0.3) is 0 Å². The fraction of sp³-hybridized carbons (Fsp3) is 1.00. The lowest BCUT2D eigenvalue weighted by Gasteiger charge is -2.11. The Kier molecular flexibility index (Phi) is 3.16. The highest BCUT2D eigenvalue weighted by molar-refractivity contribution is 4.73. The molecule has 0 spiro atoms. The minimum atomic E-state index is -0.0649. The van der Waals surface area contributed by atoms with Crippen LogP contribution >= 0.6 is 0 Å². The first-order valence-electron chi connectivity index (χ1n) is 4.21. The summed E-state index contributed by atoms with van der Waals surface area (Å²) in [4.78, 5) is 0. The van der Waals surface area contributed by atoms with Gasteiger partial charge in [0.05, 0.1) is 6.10 Å². The second-order valence-electron chi connectivity index (χ2n) is 3.16. The second kappa shape index (κ2) is 3.94. The Morgan fingerprint density at radius 3 is 3.00 bits per heavy atom. The molecular weight excluding hydrogens is 126 g/mol. The Morgan fingerprint density at radius 1 is 1.70 bits per heavy atom. The first-order chi connectivity index (χ1) is 4.83. The summed E-state index contributed by atoms with van der Waals surface area (Å²) < 4.78 is 0. The van der Waals surface area contributed by atoms with E-state index in [0.717, 1.165) is 31.8 Å². The van der Waals surface area contributed by atoms with Crippen molar-refractivity contribution in [3.05, 3.63) is 0 Å². The van der Waals surface area contributed by atoms with E-state index in [-0.39, 0.29) is 6.10 Å². The maximum atomic E-state index is 9.29. The van der Waals surface area contributed by atoms with Crippen LogP contribution in [-0.2, 0) is 0 Å². The summed E-state index contributed by atoms with van der Waals surface area (Å²) >= 11 is 0. The van der Waals surface area contributed by atoms with Gasteiger partial charge in [-0.3, -0.25) is 0 Å². The van der Waals surface area contributed by atoms with E-state index in [2.05, 4.69) is 5.32 Å². The van der Waals surface area contributed by atoms with Crippen molar-refractivity contribution in [2.24, 2.45) is 5.92 Å². The molecule has 2 nitrogen and oxygen atoms in total. The van der Waals surface area contributed by atoms with Gasteiger partial charge in [0, 0.05) is 0 Å². The second-order valence-corrected chi connectivity index (χ2v) is 3.16. The summed E-state index contributed by atoms with van der Waals surface area (Å²) in [5, 5.41) is 12.6. The molecule has 1 heterocycles. The van der Waals surface area contributed by atoms with Crippen molar-refractivity contribution >= 4 is 0 Å². The standard InChI is InChI=1S/C8H17NO/c1-2-8(10)5-7-3-4-9-6-7/h7-10H,2-6H2,1H3. The number of nitrogens with one attached hydrogen (secondary N) is 1. The third-order valence-electron chi connectivity index (χ3n) is 2.24. The zero-order valence-electron chi connectivity index (χ0n) is 6.64. The van der Waals surface area contributed by atoms with Gasteiger partial charge in [-0.05, 0) is 38.3 Å². The molecule has 0 saturated carbocycles. The minimum Gasteiger partial charge on any atom is -0.393 e. The van der Waals surface area contributed by atoms with Crippen molar-refractivity contribution in [1.82, 2.24) is 5.32 Å². The van der Waals surface area contributed by atoms with Gasteiger partial charge >= 0.3 is 0 Å². The molecule has 1 aliphatic rings. The maximum Gasteiger partial charge on any atom is 0.0540 e. The van der Waals surface area contributed by atoms with E-state index in [4.69, 9.17) is 0 Å². The Bertz CT molecular complexity index is 89.3. The van der Waals surface area contributed by atoms with Gasteiger partial charge in [-0.2, -0.15) is 0 Å². The van der Waals surface area contributed by atoms with Crippen molar-refractivity contribution in [3.8, 4) is 0 Å². The molecule has 1 fully saturated rings. The van der Waals surface area contributed by atoms with Crippen LogP contribution in [0.3, 0.4) is 0 Å². The van der Waals surface area contributed by atoms with Crippen molar-refractivity contribution in [1.29, 1.82) is 0 Å². The third kappa shape index (κ3) is 2.27. The summed E-state index contributed by atoms with van der Waals surface area (Å²) in [6, 6.07) is 0. The van der Waals surface area contributed by atoms with Gasteiger partial charge in [-0.25, -0.2) is 0 Å². The number of aliphatic hydroxyl groups excluding tert-OH is 1. The van der Waals surface area contributed by atoms with Crippen LogP contribution in [0.4, 0.5) is 0 Å². The molecule has 0 aromatic rings. The fourth-order valence-corrected chi connectivity index (χ4v) is 1.47. The number of rotatable bonds is 3. The highest BCUT2D eigenvalue weighted by Gasteiger charge is 2.16. The molecule has 0 aromatic carbocycles. The lowest BCUT2D eigenvalue weighted by molar-refractivity contribution is 0.141.